The first-order chi connectivity index (χ1) is 18.3. The molecule has 4 rings (SSSR count). The number of phenolic OH excluding ortho intramolecular Hbond substituents is 1. The Bertz CT molecular complexity index is 1400. The Morgan fingerprint density at radius 2 is 1.68 bits per heavy atom. The molecule has 3 aromatic carbocycles. The number of amides is 1. The summed E-state index contributed by atoms with van der Waals surface area (Å²) in [5.41, 5.74) is 2.38. The van der Waals surface area contributed by atoms with Gasteiger partial charge in [-0.25, -0.2) is 0 Å². The summed E-state index contributed by atoms with van der Waals surface area (Å²) >= 11 is 0. The van der Waals surface area contributed by atoms with Gasteiger partial charge in [-0.05, 0) is 79.9 Å². The van der Waals surface area contributed by atoms with Gasteiger partial charge in [0, 0.05) is 12.1 Å². The summed E-state index contributed by atoms with van der Waals surface area (Å²) in [7, 11) is 1.55. The molecular weight excluding hydrogens is 486 g/mol. The van der Waals surface area contributed by atoms with Crippen LogP contribution in [0, 0.1) is 6.92 Å². The third kappa shape index (κ3) is 5.16. The molecule has 1 fully saturated rings. The van der Waals surface area contributed by atoms with Crippen molar-refractivity contribution in [2.45, 2.75) is 33.4 Å². The van der Waals surface area contributed by atoms with Gasteiger partial charge in [-0.15, -0.1) is 0 Å². The Labute approximate surface area is 221 Å². The van der Waals surface area contributed by atoms with E-state index in [1.807, 2.05) is 19.9 Å². The number of ether oxygens (including phenoxy) is 3. The molecule has 0 aromatic heterocycles. The van der Waals surface area contributed by atoms with Crippen molar-refractivity contribution >= 4 is 17.4 Å². The SMILES string of the molecule is CCOc1ccc(/C(O)=C2/C(=O)C(=O)N(Cc3cccc(OC)c3)C2c2ccc(O)c(OCC)c2)cc1C. The molecule has 0 spiro atoms. The molecule has 0 saturated carbocycles. The normalized spacial score (nSPS) is 16.5. The van der Waals surface area contributed by atoms with Crippen molar-refractivity contribution in [2.75, 3.05) is 20.3 Å². The fraction of sp³-hybridized carbons (Fsp3) is 0.267. The van der Waals surface area contributed by atoms with E-state index in [0.29, 0.717) is 35.8 Å². The number of aliphatic hydroxyl groups excluding tert-OH is 1. The number of aliphatic hydroxyl groups is 1. The van der Waals surface area contributed by atoms with Crippen LogP contribution < -0.4 is 14.2 Å². The highest BCUT2D eigenvalue weighted by Crippen LogP contribution is 2.43. The first-order valence-electron chi connectivity index (χ1n) is 12.4. The quantitative estimate of drug-likeness (QED) is 0.230. The maximum Gasteiger partial charge on any atom is 0.295 e. The smallest absolute Gasteiger partial charge is 0.295 e. The highest BCUT2D eigenvalue weighted by molar-refractivity contribution is 6.46. The second kappa shape index (κ2) is 11.3. The highest BCUT2D eigenvalue weighted by atomic mass is 16.5. The van der Waals surface area contributed by atoms with E-state index in [4.69, 9.17) is 14.2 Å². The first-order valence-corrected chi connectivity index (χ1v) is 12.4. The lowest BCUT2D eigenvalue weighted by atomic mass is 9.94. The predicted octanol–water partition coefficient (Wildman–Crippen LogP) is 5.13. The zero-order valence-electron chi connectivity index (χ0n) is 21.9. The van der Waals surface area contributed by atoms with Crippen molar-refractivity contribution in [2.24, 2.45) is 0 Å². The number of methoxy groups -OCH3 is 1. The molecule has 8 heteroatoms. The van der Waals surface area contributed by atoms with Crippen LogP contribution >= 0.6 is 0 Å². The number of Topliss-reactive ketones (excluding diaryl/α,β-unsaturated/α-hetero) is 1. The fourth-order valence-corrected chi connectivity index (χ4v) is 4.60. The van der Waals surface area contributed by atoms with Crippen molar-refractivity contribution in [1.82, 2.24) is 4.90 Å². The third-order valence-electron chi connectivity index (χ3n) is 6.37. The van der Waals surface area contributed by atoms with Crippen LogP contribution in [0.4, 0.5) is 0 Å². The Morgan fingerprint density at radius 1 is 0.947 bits per heavy atom. The minimum absolute atomic E-state index is 0.0467. The molecule has 0 aliphatic carbocycles. The minimum atomic E-state index is -0.923. The largest absolute Gasteiger partial charge is 0.507 e. The maximum atomic E-state index is 13.4. The molecule has 1 heterocycles. The Morgan fingerprint density at radius 3 is 2.37 bits per heavy atom. The number of likely N-dealkylation sites (tertiary alicyclic amines) is 1. The summed E-state index contributed by atoms with van der Waals surface area (Å²) in [6.07, 6.45) is 0. The lowest BCUT2D eigenvalue weighted by Crippen LogP contribution is -2.29. The third-order valence-corrected chi connectivity index (χ3v) is 6.37. The Balaban J connectivity index is 1.87. The van der Waals surface area contributed by atoms with Gasteiger partial charge in [-0.1, -0.05) is 18.2 Å². The number of carbonyl (C=O) groups excluding carboxylic acids is 2. The number of aromatic hydroxyl groups is 1. The molecule has 1 unspecified atom stereocenters. The molecule has 1 atom stereocenters. The lowest BCUT2D eigenvalue weighted by molar-refractivity contribution is -0.140. The van der Waals surface area contributed by atoms with Gasteiger partial charge in [0.1, 0.15) is 17.3 Å². The van der Waals surface area contributed by atoms with Gasteiger partial charge in [0.2, 0.25) is 0 Å². The summed E-state index contributed by atoms with van der Waals surface area (Å²) in [6.45, 7) is 6.41. The van der Waals surface area contributed by atoms with Gasteiger partial charge in [0.25, 0.3) is 11.7 Å². The van der Waals surface area contributed by atoms with E-state index in [1.165, 1.54) is 11.0 Å². The summed E-state index contributed by atoms with van der Waals surface area (Å²) in [5.74, 6) is -0.404. The molecule has 3 aromatic rings. The topological polar surface area (TPSA) is 106 Å². The molecule has 1 aliphatic rings. The molecule has 0 radical (unpaired) electrons. The van der Waals surface area contributed by atoms with E-state index < -0.39 is 17.7 Å². The van der Waals surface area contributed by atoms with Gasteiger partial charge in [-0.3, -0.25) is 9.59 Å². The van der Waals surface area contributed by atoms with Crippen LogP contribution in [-0.4, -0.2) is 47.1 Å². The van der Waals surface area contributed by atoms with E-state index in [9.17, 15) is 19.8 Å². The minimum Gasteiger partial charge on any atom is -0.507 e. The standard InChI is InChI=1S/C30H31NO7/c1-5-37-24-13-11-21(14-18(24)3)28(33)26-27(20-10-12-23(32)25(16-20)38-6-2)31(30(35)29(26)34)17-19-8-7-9-22(15-19)36-4/h7-16,27,32-33H,5-6,17H2,1-4H3/b28-26-. The van der Waals surface area contributed by atoms with E-state index in [2.05, 4.69) is 0 Å². The monoisotopic (exact) mass is 517 g/mol. The number of hydrogen-bond donors (Lipinski definition) is 2. The molecule has 1 aliphatic heterocycles. The lowest BCUT2D eigenvalue weighted by Gasteiger charge is -2.26. The van der Waals surface area contributed by atoms with E-state index in [1.54, 1.807) is 62.6 Å². The molecule has 198 valence electrons. The number of ketones is 1. The Hall–Kier alpha value is -4.46. The summed E-state index contributed by atoms with van der Waals surface area (Å²) in [4.78, 5) is 28.2. The molecule has 2 N–H and O–H groups in total. The van der Waals surface area contributed by atoms with E-state index in [0.717, 1.165) is 11.1 Å². The molecule has 1 saturated heterocycles. The highest BCUT2D eigenvalue weighted by Gasteiger charge is 2.46. The summed E-state index contributed by atoms with van der Waals surface area (Å²) in [5, 5.41) is 21.7. The van der Waals surface area contributed by atoms with Crippen LogP contribution in [0.3, 0.4) is 0 Å². The van der Waals surface area contributed by atoms with Crippen molar-refractivity contribution in [1.29, 1.82) is 0 Å². The van der Waals surface area contributed by atoms with Gasteiger partial charge in [-0.2, -0.15) is 0 Å². The average molecular weight is 518 g/mol. The summed E-state index contributed by atoms with van der Waals surface area (Å²) < 4.78 is 16.5. The van der Waals surface area contributed by atoms with Gasteiger partial charge in [0.15, 0.2) is 11.5 Å². The van der Waals surface area contributed by atoms with Gasteiger partial charge >= 0.3 is 0 Å². The van der Waals surface area contributed by atoms with Crippen molar-refractivity contribution in [3.05, 3.63) is 88.5 Å². The van der Waals surface area contributed by atoms with E-state index in [-0.39, 0.29) is 29.4 Å². The fourth-order valence-electron chi connectivity index (χ4n) is 4.60. The second-order valence-electron chi connectivity index (χ2n) is 8.85. The van der Waals surface area contributed by atoms with Crippen LogP contribution in [0.15, 0.2) is 66.2 Å². The average Bonchev–Trinajstić information content (AvgIpc) is 3.16. The van der Waals surface area contributed by atoms with Crippen molar-refractivity contribution in [3.8, 4) is 23.0 Å². The second-order valence-corrected chi connectivity index (χ2v) is 8.85. The maximum absolute atomic E-state index is 13.4. The van der Waals surface area contributed by atoms with Gasteiger partial charge in [0.05, 0.1) is 31.9 Å². The molecule has 0 bridgehead atoms. The number of nitrogens with zero attached hydrogens (tertiary/aromatic N) is 1. The number of benzene rings is 3. The van der Waals surface area contributed by atoms with Crippen molar-refractivity contribution < 1.29 is 34.0 Å². The van der Waals surface area contributed by atoms with Crippen molar-refractivity contribution in [3.63, 3.8) is 0 Å². The van der Waals surface area contributed by atoms with Crippen LogP contribution in [-0.2, 0) is 16.1 Å². The number of carbonyl (C=O) groups is 2. The number of rotatable bonds is 9. The molecule has 1 amide bonds. The van der Waals surface area contributed by atoms with Crippen LogP contribution in [0.2, 0.25) is 0 Å². The molecular formula is C30H31NO7. The van der Waals surface area contributed by atoms with Crippen LogP contribution in [0.25, 0.3) is 5.76 Å². The zero-order valence-corrected chi connectivity index (χ0v) is 21.9. The van der Waals surface area contributed by atoms with E-state index >= 15 is 0 Å². The van der Waals surface area contributed by atoms with Crippen LogP contribution in [0.5, 0.6) is 23.0 Å². The summed E-state index contributed by atoms with van der Waals surface area (Å²) in [6, 6.07) is 16.0. The number of hydrogen-bond acceptors (Lipinski definition) is 7. The Kier molecular flexibility index (Phi) is 7.90. The first kappa shape index (κ1) is 26.6. The number of aryl methyl sites for hydroxylation is 1. The van der Waals surface area contributed by atoms with Gasteiger partial charge < -0.3 is 29.3 Å². The number of phenols is 1. The predicted molar refractivity (Wildman–Crippen MR) is 142 cm³/mol. The van der Waals surface area contributed by atoms with Crippen LogP contribution in [0.1, 0.15) is 42.1 Å². The molecule has 38 heavy (non-hydrogen) atoms. The molecule has 8 nitrogen and oxygen atoms in total. The zero-order chi connectivity index (χ0) is 27.4.